The number of hydrogen-bond acceptors (Lipinski definition) is 2. The van der Waals surface area contributed by atoms with Crippen LogP contribution in [0.4, 0.5) is 0 Å². The van der Waals surface area contributed by atoms with Crippen LogP contribution in [0.5, 0.6) is 5.88 Å². The maximum absolute atomic E-state index is 5.37. The quantitative estimate of drug-likeness (QED) is 0.720. The van der Waals surface area contributed by atoms with Crippen LogP contribution in [0.25, 0.3) is 0 Å². The fraction of sp³-hybridized carbons (Fsp3) is 0.625. The number of hydrogen-bond donors (Lipinski definition) is 1. The van der Waals surface area contributed by atoms with E-state index >= 15 is 0 Å². The lowest BCUT2D eigenvalue weighted by Crippen LogP contribution is -2.04. The molecule has 1 aromatic rings. The Bertz CT molecular complexity index is 218. The third-order valence-electron chi connectivity index (χ3n) is 1.25. The molecule has 1 N–H and O–H groups in total. The highest BCUT2D eigenvalue weighted by molar-refractivity contribution is 5.05. The molecule has 1 heterocycles. The van der Waals surface area contributed by atoms with E-state index in [1.54, 1.807) is 6.20 Å². The minimum Gasteiger partial charge on any atom is -0.478 e. The predicted molar refractivity (Wildman–Crippen MR) is 43.7 cm³/mol. The van der Waals surface area contributed by atoms with Gasteiger partial charge in [-0.2, -0.15) is 0 Å². The Labute approximate surface area is 66.8 Å². The molecule has 0 atom stereocenters. The number of aromatic amines is 1. The second-order valence-electron chi connectivity index (χ2n) is 3.04. The molecule has 0 amide bonds. The number of imidazole rings is 1. The largest absolute Gasteiger partial charge is 0.478 e. The van der Waals surface area contributed by atoms with Crippen LogP contribution in [0.1, 0.15) is 19.7 Å². The van der Waals surface area contributed by atoms with E-state index in [0.29, 0.717) is 5.92 Å². The van der Waals surface area contributed by atoms with E-state index in [9.17, 15) is 0 Å². The number of H-pyrrole nitrogens is 1. The van der Waals surface area contributed by atoms with Gasteiger partial charge >= 0.3 is 0 Å². The number of aromatic nitrogens is 2. The molecule has 3 nitrogen and oxygen atoms in total. The lowest BCUT2D eigenvalue weighted by atomic mass is 10.2. The average Bonchev–Trinajstić information content (AvgIpc) is 2.31. The molecule has 0 radical (unpaired) electrons. The van der Waals surface area contributed by atoms with Crippen LogP contribution < -0.4 is 4.74 Å². The summed E-state index contributed by atoms with van der Waals surface area (Å²) in [7, 11) is 0. The first-order chi connectivity index (χ1) is 5.18. The van der Waals surface area contributed by atoms with E-state index in [-0.39, 0.29) is 0 Å². The van der Waals surface area contributed by atoms with Crippen LogP contribution in [0.2, 0.25) is 0 Å². The van der Waals surface area contributed by atoms with E-state index < -0.39 is 0 Å². The van der Waals surface area contributed by atoms with Gasteiger partial charge in [-0.15, -0.1) is 0 Å². The first-order valence-corrected chi connectivity index (χ1v) is 3.83. The first-order valence-electron chi connectivity index (χ1n) is 3.83. The molecule has 0 aromatic carbocycles. The molecule has 0 saturated heterocycles. The molecular weight excluding hydrogens is 140 g/mol. The Balaban J connectivity index is 2.39. The van der Waals surface area contributed by atoms with Crippen molar-refractivity contribution in [1.29, 1.82) is 0 Å². The Morgan fingerprint density at radius 1 is 1.64 bits per heavy atom. The fourth-order valence-electron chi connectivity index (χ4n) is 0.728. The van der Waals surface area contributed by atoms with Gasteiger partial charge in [0.15, 0.2) is 0 Å². The third kappa shape index (κ3) is 2.62. The highest BCUT2D eigenvalue weighted by Crippen LogP contribution is 2.06. The van der Waals surface area contributed by atoms with Crippen LogP contribution >= 0.6 is 0 Å². The highest BCUT2D eigenvalue weighted by atomic mass is 16.5. The van der Waals surface area contributed by atoms with Gasteiger partial charge in [0.25, 0.3) is 0 Å². The topological polar surface area (TPSA) is 37.9 Å². The molecule has 0 saturated carbocycles. The zero-order chi connectivity index (χ0) is 8.27. The fourth-order valence-corrected chi connectivity index (χ4v) is 0.728. The van der Waals surface area contributed by atoms with Crippen molar-refractivity contribution >= 4 is 0 Å². The zero-order valence-electron chi connectivity index (χ0n) is 7.22. The lowest BCUT2D eigenvalue weighted by molar-refractivity contribution is 0.262. The molecule has 1 rings (SSSR count). The maximum atomic E-state index is 5.37. The lowest BCUT2D eigenvalue weighted by Gasteiger charge is -2.04. The van der Waals surface area contributed by atoms with E-state index in [0.717, 1.165) is 18.3 Å². The summed E-state index contributed by atoms with van der Waals surface area (Å²) in [4.78, 5) is 7.01. The molecule has 0 aliphatic rings. The van der Waals surface area contributed by atoms with Crippen molar-refractivity contribution in [3.63, 3.8) is 0 Å². The Morgan fingerprint density at radius 2 is 2.36 bits per heavy atom. The van der Waals surface area contributed by atoms with Crippen molar-refractivity contribution in [2.75, 3.05) is 6.61 Å². The van der Waals surface area contributed by atoms with Crippen molar-refractivity contribution in [2.24, 2.45) is 5.92 Å². The third-order valence-corrected chi connectivity index (χ3v) is 1.25. The maximum Gasteiger partial charge on any atom is 0.211 e. The SMILES string of the molecule is Cc1ncc(OCC(C)C)[nH]1. The molecule has 3 heteroatoms. The van der Waals surface area contributed by atoms with Crippen molar-refractivity contribution < 1.29 is 4.74 Å². The molecule has 0 unspecified atom stereocenters. The van der Waals surface area contributed by atoms with Crippen molar-refractivity contribution in [3.8, 4) is 5.88 Å². The highest BCUT2D eigenvalue weighted by Gasteiger charge is 1.98. The molecule has 11 heavy (non-hydrogen) atoms. The van der Waals surface area contributed by atoms with Crippen LogP contribution in [-0.2, 0) is 0 Å². The van der Waals surface area contributed by atoms with Crippen molar-refractivity contribution in [3.05, 3.63) is 12.0 Å². The van der Waals surface area contributed by atoms with Gasteiger partial charge in [0.2, 0.25) is 5.88 Å². The normalized spacial score (nSPS) is 10.5. The standard InChI is InChI=1S/C8H14N2O/c1-6(2)5-11-8-4-9-7(3)10-8/h4,6H,5H2,1-3H3,(H,9,10). The summed E-state index contributed by atoms with van der Waals surface area (Å²) in [5, 5.41) is 0. The van der Waals surface area contributed by atoms with Gasteiger partial charge in [-0.3, -0.25) is 0 Å². The van der Waals surface area contributed by atoms with Crippen LogP contribution in [-0.4, -0.2) is 16.6 Å². The van der Waals surface area contributed by atoms with Gasteiger partial charge in [-0.05, 0) is 12.8 Å². The number of aryl methyl sites for hydroxylation is 1. The van der Waals surface area contributed by atoms with Crippen LogP contribution in [0.15, 0.2) is 6.20 Å². The second kappa shape index (κ2) is 3.42. The summed E-state index contributed by atoms with van der Waals surface area (Å²) in [6, 6.07) is 0. The minimum absolute atomic E-state index is 0.554. The van der Waals surface area contributed by atoms with Gasteiger partial charge in [-0.25, -0.2) is 4.98 Å². The van der Waals surface area contributed by atoms with Crippen LogP contribution in [0, 0.1) is 12.8 Å². The van der Waals surface area contributed by atoms with Gasteiger partial charge in [0.05, 0.1) is 12.8 Å². The molecule has 1 aromatic heterocycles. The van der Waals surface area contributed by atoms with Crippen molar-refractivity contribution in [1.82, 2.24) is 9.97 Å². The van der Waals surface area contributed by atoms with Crippen molar-refractivity contribution in [2.45, 2.75) is 20.8 Å². The van der Waals surface area contributed by atoms with Gasteiger partial charge in [-0.1, -0.05) is 13.8 Å². The Hall–Kier alpha value is -0.990. The van der Waals surface area contributed by atoms with Gasteiger partial charge in [0, 0.05) is 0 Å². The predicted octanol–water partition coefficient (Wildman–Crippen LogP) is 1.75. The number of nitrogens with zero attached hydrogens (tertiary/aromatic N) is 1. The van der Waals surface area contributed by atoms with E-state index in [2.05, 4.69) is 23.8 Å². The summed E-state index contributed by atoms with van der Waals surface area (Å²) >= 11 is 0. The summed E-state index contributed by atoms with van der Waals surface area (Å²) < 4.78 is 5.37. The van der Waals surface area contributed by atoms with E-state index in [4.69, 9.17) is 4.74 Å². The molecule has 0 aliphatic carbocycles. The molecule has 0 spiro atoms. The number of nitrogens with one attached hydrogen (secondary N) is 1. The van der Waals surface area contributed by atoms with Crippen LogP contribution in [0.3, 0.4) is 0 Å². The Kier molecular flexibility index (Phi) is 2.52. The zero-order valence-corrected chi connectivity index (χ0v) is 7.22. The summed E-state index contributed by atoms with van der Waals surface area (Å²) in [6.45, 7) is 6.87. The Morgan fingerprint density at radius 3 is 2.82 bits per heavy atom. The smallest absolute Gasteiger partial charge is 0.211 e. The molecular formula is C8H14N2O. The van der Waals surface area contributed by atoms with E-state index in [1.165, 1.54) is 0 Å². The number of rotatable bonds is 3. The summed E-state index contributed by atoms with van der Waals surface area (Å²) in [6.07, 6.45) is 1.71. The monoisotopic (exact) mass is 154 g/mol. The second-order valence-corrected chi connectivity index (χ2v) is 3.04. The molecule has 0 bridgehead atoms. The number of ether oxygens (including phenoxy) is 1. The molecule has 62 valence electrons. The average molecular weight is 154 g/mol. The van der Waals surface area contributed by atoms with Gasteiger partial charge < -0.3 is 9.72 Å². The summed E-state index contributed by atoms with van der Waals surface area (Å²) in [5.74, 6) is 2.21. The molecule has 0 fully saturated rings. The summed E-state index contributed by atoms with van der Waals surface area (Å²) in [5.41, 5.74) is 0. The van der Waals surface area contributed by atoms with Gasteiger partial charge in [0.1, 0.15) is 5.82 Å². The van der Waals surface area contributed by atoms with E-state index in [1.807, 2.05) is 6.92 Å². The minimum atomic E-state index is 0.554. The molecule has 0 aliphatic heterocycles. The first kappa shape index (κ1) is 8.11.